The summed E-state index contributed by atoms with van der Waals surface area (Å²) in [4.78, 5) is 13.6. The normalized spacial score (nSPS) is 13.2. The van der Waals surface area contributed by atoms with Crippen LogP contribution in [0, 0.1) is 18.2 Å². The molecule has 0 fully saturated rings. The van der Waals surface area contributed by atoms with Crippen molar-refractivity contribution in [2.75, 3.05) is 31.1 Å². The molecule has 47 heavy (non-hydrogen) atoms. The zero-order valence-electron chi connectivity index (χ0n) is 28.5. The first kappa shape index (κ1) is 35.2. The van der Waals surface area contributed by atoms with Crippen molar-refractivity contribution in [1.82, 2.24) is 10.2 Å². The molecule has 2 N–H and O–H groups in total. The molecule has 3 aromatic carbocycles. The number of aliphatic imine (C=N–C) groups is 2. The average Bonchev–Trinajstić information content (AvgIpc) is 3.04. The fourth-order valence-electron chi connectivity index (χ4n) is 6.08. The Morgan fingerprint density at radius 2 is 1.77 bits per heavy atom. The van der Waals surface area contributed by atoms with Crippen molar-refractivity contribution in [2.45, 2.75) is 59.8 Å². The second kappa shape index (κ2) is 17.3. The zero-order chi connectivity index (χ0) is 33.8. The highest BCUT2D eigenvalue weighted by Gasteiger charge is 2.26. The van der Waals surface area contributed by atoms with Crippen molar-refractivity contribution in [3.05, 3.63) is 125 Å². The van der Waals surface area contributed by atoms with Crippen LogP contribution in [-0.2, 0) is 6.42 Å². The van der Waals surface area contributed by atoms with Gasteiger partial charge in [-0.25, -0.2) is 14.4 Å². The van der Waals surface area contributed by atoms with E-state index in [2.05, 4.69) is 108 Å². The lowest BCUT2D eigenvalue weighted by atomic mass is 9.93. The fraction of sp³-hybridized carbons (Fsp3) is 0.325. The Balaban J connectivity index is 1.49. The number of hydrogen-bond donors (Lipinski definition) is 2. The molecule has 0 spiro atoms. The molecule has 7 heteroatoms. The van der Waals surface area contributed by atoms with Crippen LogP contribution in [0.2, 0.25) is 0 Å². The standard InChI is InChI=1S/C40H49FN6/c1-7-21-46(22-8-2)23-13-18-33-15-9-10-20-39(33)47-31(5)40-29(3)14-11-17-35(40)26-37(47)27-43-32(6)45-28-44-30(4)24-38(42)34-16-12-19-36(41)25-34/h9-12,14-17,19-20,25-26,28,42-43H,5-8,13,18,21-24,27H2,1-4H3/b42-38?,44-30-,45-28-. The molecule has 4 rings (SSSR count). The summed E-state index contributed by atoms with van der Waals surface area (Å²) in [6, 6.07) is 21.1. The van der Waals surface area contributed by atoms with Gasteiger partial charge >= 0.3 is 0 Å². The summed E-state index contributed by atoms with van der Waals surface area (Å²) in [6.07, 6.45) is 8.39. The van der Waals surface area contributed by atoms with Crippen LogP contribution in [0.5, 0.6) is 0 Å². The maximum Gasteiger partial charge on any atom is 0.123 e. The molecule has 0 saturated carbocycles. The molecule has 0 radical (unpaired) electrons. The predicted molar refractivity (Wildman–Crippen MR) is 199 cm³/mol. The van der Waals surface area contributed by atoms with Crippen molar-refractivity contribution in [1.29, 1.82) is 5.41 Å². The van der Waals surface area contributed by atoms with E-state index in [4.69, 9.17) is 5.41 Å². The summed E-state index contributed by atoms with van der Waals surface area (Å²) < 4.78 is 13.6. The fourth-order valence-corrected chi connectivity index (χ4v) is 6.08. The van der Waals surface area contributed by atoms with Gasteiger partial charge in [-0.05, 0) is 106 Å². The SMILES string of the molecule is C=C(/N=C\N=C(\C)CC(=N)c1cccc(F)c1)NCC1=Cc2cccc(C)c2C(=C)N1c1ccccc1CCCN(CCC)CCC. The minimum Gasteiger partial charge on any atom is -0.365 e. The smallest absolute Gasteiger partial charge is 0.123 e. The van der Waals surface area contributed by atoms with Crippen LogP contribution in [-0.4, -0.2) is 48.8 Å². The van der Waals surface area contributed by atoms with Gasteiger partial charge in [0.05, 0.1) is 6.54 Å². The van der Waals surface area contributed by atoms with Crippen molar-refractivity contribution in [3.63, 3.8) is 0 Å². The van der Waals surface area contributed by atoms with E-state index in [0.717, 1.165) is 60.7 Å². The van der Waals surface area contributed by atoms with Gasteiger partial charge < -0.3 is 20.5 Å². The predicted octanol–water partition coefficient (Wildman–Crippen LogP) is 9.03. The van der Waals surface area contributed by atoms with E-state index in [0.29, 0.717) is 35.8 Å². The van der Waals surface area contributed by atoms with Crippen molar-refractivity contribution >= 4 is 35.2 Å². The van der Waals surface area contributed by atoms with Gasteiger partial charge in [-0.3, -0.25) is 0 Å². The highest BCUT2D eigenvalue weighted by atomic mass is 19.1. The number of hydrogen-bond acceptors (Lipinski definition) is 5. The molecule has 246 valence electrons. The van der Waals surface area contributed by atoms with E-state index in [1.54, 1.807) is 12.1 Å². The Hall–Kier alpha value is -4.62. The molecule has 1 aliphatic heterocycles. The second-order valence-corrected chi connectivity index (χ2v) is 12.1. The summed E-state index contributed by atoms with van der Waals surface area (Å²) in [5, 5.41) is 11.7. The molecule has 0 bridgehead atoms. The number of anilines is 1. The lowest BCUT2D eigenvalue weighted by Gasteiger charge is -2.36. The van der Waals surface area contributed by atoms with E-state index in [-0.39, 0.29) is 5.82 Å². The first-order chi connectivity index (χ1) is 22.7. The number of benzene rings is 3. The molecule has 0 atom stereocenters. The lowest BCUT2D eigenvalue weighted by molar-refractivity contribution is 0.271. The van der Waals surface area contributed by atoms with Gasteiger partial charge in [0.1, 0.15) is 18.0 Å². The Morgan fingerprint density at radius 1 is 1.02 bits per heavy atom. The van der Waals surface area contributed by atoms with E-state index in [9.17, 15) is 4.39 Å². The van der Waals surface area contributed by atoms with E-state index in [1.807, 2.05) is 6.92 Å². The monoisotopic (exact) mass is 632 g/mol. The largest absolute Gasteiger partial charge is 0.365 e. The molecule has 1 heterocycles. The molecule has 0 saturated heterocycles. The van der Waals surface area contributed by atoms with Crippen LogP contribution in [0.3, 0.4) is 0 Å². The summed E-state index contributed by atoms with van der Waals surface area (Å²) in [5.41, 5.74) is 9.50. The molecule has 3 aromatic rings. The average molecular weight is 633 g/mol. The van der Waals surface area contributed by atoms with Gasteiger partial charge in [-0.1, -0.05) is 75.5 Å². The molecule has 0 unspecified atom stereocenters. The lowest BCUT2D eigenvalue weighted by Crippen LogP contribution is -2.31. The first-order valence-electron chi connectivity index (χ1n) is 16.6. The van der Waals surface area contributed by atoms with Gasteiger partial charge in [0.25, 0.3) is 0 Å². The van der Waals surface area contributed by atoms with Crippen LogP contribution < -0.4 is 10.2 Å². The number of aryl methyl sites for hydroxylation is 2. The Morgan fingerprint density at radius 3 is 2.51 bits per heavy atom. The van der Waals surface area contributed by atoms with Gasteiger partial charge in [0.15, 0.2) is 0 Å². The third kappa shape index (κ3) is 9.69. The number of para-hydroxylation sites is 1. The summed E-state index contributed by atoms with van der Waals surface area (Å²) >= 11 is 0. The minimum atomic E-state index is -0.357. The zero-order valence-corrected chi connectivity index (χ0v) is 28.5. The maximum atomic E-state index is 13.6. The second-order valence-electron chi connectivity index (χ2n) is 12.1. The van der Waals surface area contributed by atoms with Crippen molar-refractivity contribution in [3.8, 4) is 0 Å². The van der Waals surface area contributed by atoms with Gasteiger partial charge in [0.2, 0.25) is 0 Å². The van der Waals surface area contributed by atoms with E-state index < -0.39 is 0 Å². The number of nitrogens with zero attached hydrogens (tertiary/aromatic N) is 4. The van der Waals surface area contributed by atoms with Gasteiger partial charge in [-0.15, -0.1) is 0 Å². The molecular weight excluding hydrogens is 583 g/mol. The van der Waals surface area contributed by atoms with Gasteiger partial charge in [0, 0.05) is 40.5 Å². The summed E-state index contributed by atoms with van der Waals surface area (Å²) in [7, 11) is 0. The third-order valence-electron chi connectivity index (χ3n) is 8.28. The first-order valence-corrected chi connectivity index (χ1v) is 16.6. The van der Waals surface area contributed by atoms with Crippen molar-refractivity contribution in [2.24, 2.45) is 9.98 Å². The molecule has 1 aliphatic rings. The Labute approximate surface area is 280 Å². The van der Waals surface area contributed by atoms with E-state index in [1.165, 1.54) is 42.4 Å². The molecule has 6 nitrogen and oxygen atoms in total. The molecule has 0 amide bonds. The minimum absolute atomic E-state index is 0.298. The summed E-state index contributed by atoms with van der Waals surface area (Å²) in [6.45, 7) is 21.0. The number of nitrogens with one attached hydrogen (secondary N) is 2. The third-order valence-corrected chi connectivity index (χ3v) is 8.28. The highest BCUT2D eigenvalue weighted by Crippen LogP contribution is 2.39. The Bertz CT molecular complexity index is 1660. The number of rotatable bonds is 17. The summed E-state index contributed by atoms with van der Waals surface area (Å²) in [5.74, 6) is 0.118. The number of fused-ring (bicyclic) bond motifs is 1. The van der Waals surface area contributed by atoms with Crippen LogP contribution in [0.15, 0.2) is 101 Å². The molecule has 0 aromatic heterocycles. The van der Waals surface area contributed by atoms with Crippen LogP contribution in [0.25, 0.3) is 11.8 Å². The van der Waals surface area contributed by atoms with Crippen LogP contribution in [0.1, 0.15) is 74.3 Å². The van der Waals surface area contributed by atoms with Crippen LogP contribution >= 0.6 is 0 Å². The van der Waals surface area contributed by atoms with Crippen molar-refractivity contribution < 1.29 is 4.39 Å². The van der Waals surface area contributed by atoms with E-state index >= 15 is 0 Å². The Kier molecular flexibility index (Phi) is 13.0. The molecular formula is C40H49FN6. The maximum absolute atomic E-state index is 13.6. The van der Waals surface area contributed by atoms with Crippen LogP contribution in [0.4, 0.5) is 10.1 Å². The quantitative estimate of drug-likeness (QED) is 0.115. The molecule has 0 aliphatic carbocycles. The highest BCUT2D eigenvalue weighted by molar-refractivity contribution is 6.11. The number of halogens is 1. The van der Waals surface area contributed by atoms with Gasteiger partial charge in [-0.2, -0.15) is 0 Å². The topological polar surface area (TPSA) is 67.1 Å².